The molecule has 0 saturated heterocycles. The van der Waals surface area contributed by atoms with Gasteiger partial charge in [0.05, 0.1) is 12.0 Å². The molecule has 1 amide bonds. The van der Waals surface area contributed by atoms with Crippen LogP contribution < -0.4 is 5.32 Å². The zero-order valence-corrected chi connectivity index (χ0v) is 15.6. The molecule has 1 N–H and O–H groups in total. The van der Waals surface area contributed by atoms with Crippen LogP contribution in [0.1, 0.15) is 33.7 Å². The molecule has 1 aromatic carbocycles. The number of rotatable bonds is 6. The first kappa shape index (κ1) is 17.8. The Labute approximate surface area is 162 Å². The maximum atomic E-state index is 12.6. The number of nitrogens with one attached hydrogen (secondary N) is 1. The van der Waals surface area contributed by atoms with Gasteiger partial charge < -0.3 is 14.3 Å². The third kappa shape index (κ3) is 3.59. The quantitative estimate of drug-likeness (QED) is 0.554. The Kier molecular flexibility index (Phi) is 4.80. The Bertz CT molecular complexity index is 1060. The number of carbonyl (C=O) groups excluding carboxylic acids is 1. The molecule has 0 bridgehead atoms. The van der Waals surface area contributed by atoms with E-state index in [0.29, 0.717) is 12.3 Å². The Morgan fingerprint density at radius 3 is 2.64 bits per heavy atom. The van der Waals surface area contributed by atoms with E-state index in [9.17, 15) is 4.79 Å². The highest BCUT2D eigenvalue weighted by Crippen LogP contribution is 2.22. The predicted octanol–water partition coefficient (Wildman–Crippen LogP) is 3.77. The molecule has 3 aromatic heterocycles. The molecule has 3 heterocycles. The Morgan fingerprint density at radius 2 is 1.96 bits per heavy atom. The van der Waals surface area contributed by atoms with E-state index in [1.165, 1.54) is 0 Å². The molecule has 0 radical (unpaired) electrons. The van der Waals surface area contributed by atoms with Gasteiger partial charge in [-0.2, -0.15) is 5.10 Å². The van der Waals surface area contributed by atoms with Crippen LogP contribution in [0.5, 0.6) is 0 Å². The van der Waals surface area contributed by atoms with Gasteiger partial charge in [-0.25, -0.2) is 0 Å². The first-order valence-corrected chi connectivity index (χ1v) is 8.98. The molecule has 142 valence electrons. The summed E-state index contributed by atoms with van der Waals surface area (Å²) in [5.41, 5.74) is 2.99. The summed E-state index contributed by atoms with van der Waals surface area (Å²) in [4.78, 5) is 12.6. The van der Waals surface area contributed by atoms with Gasteiger partial charge in [0.25, 0.3) is 5.91 Å². The molecule has 7 heteroatoms. The third-order valence-electron chi connectivity index (χ3n) is 4.47. The van der Waals surface area contributed by atoms with E-state index in [-0.39, 0.29) is 17.6 Å². The number of aromatic nitrogens is 3. The van der Waals surface area contributed by atoms with Crippen molar-refractivity contribution >= 4 is 5.91 Å². The molecule has 4 rings (SSSR count). The number of hydrogen-bond donors (Lipinski definition) is 1. The maximum Gasteiger partial charge on any atom is 0.273 e. The topological polar surface area (TPSA) is 86.1 Å². The van der Waals surface area contributed by atoms with Gasteiger partial charge in [0.1, 0.15) is 11.8 Å². The zero-order valence-electron chi connectivity index (χ0n) is 15.6. The number of carbonyl (C=O) groups is 1. The fourth-order valence-electron chi connectivity index (χ4n) is 3.15. The van der Waals surface area contributed by atoms with Gasteiger partial charge in [0, 0.05) is 23.9 Å². The largest absolute Gasteiger partial charge is 0.467 e. The molecule has 0 fully saturated rings. The van der Waals surface area contributed by atoms with Crippen molar-refractivity contribution in [2.45, 2.75) is 19.9 Å². The molecule has 1 atom stereocenters. The van der Waals surface area contributed by atoms with Crippen LogP contribution >= 0.6 is 0 Å². The maximum absolute atomic E-state index is 12.6. The van der Waals surface area contributed by atoms with Crippen LogP contribution in [0.4, 0.5) is 0 Å². The third-order valence-corrected chi connectivity index (χ3v) is 4.47. The highest BCUT2D eigenvalue weighted by Gasteiger charge is 2.22. The summed E-state index contributed by atoms with van der Waals surface area (Å²) in [5, 5.41) is 11.3. The molecule has 1 unspecified atom stereocenters. The standard InChI is InChI=1S/C21H20N4O3/c1-14-11-15(2)25(23-14)18(19-9-6-10-27-19)13-22-21(26)17-12-20(28-24-17)16-7-4-3-5-8-16/h3-12,18H,13H2,1-2H3,(H,22,26). The average Bonchev–Trinajstić information content (AvgIpc) is 3.44. The Morgan fingerprint density at radius 1 is 1.14 bits per heavy atom. The minimum absolute atomic E-state index is 0.227. The van der Waals surface area contributed by atoms with E-state index in [1.807, 2.05) is 67.1 Å². The Balaban J connectivity index is 1.51. The molecule has 28 heavy (non-hydrogen) atoms. The fraction of sp³-hybridized carbons (Fsp3) is 0.190. The summed E-state index contributed by atoms with van der Waals surface area (Å²) in [6.07, 6.45) is 1.61. The number of hydrogen-bond acceptors (Lipinski definition) is 5. The van der Waals surface area contributed by atoms with Crippen molar-refractivity contribution < 1.29 is 13.7 Å². The van der Waals surface area contributed by atoms with Crippen LogP contribution in [0.2, 0.25) is 0 Å². The molecule has 7 nitrogen and oxygen atoms in total. The van der Waals surface area contributed by atoms with E-state index >= 15 is 0 Å². The molecule has 0 saturated carbocycles. The van der Waals surface area contributed by atoms with E-state index in [0.717, 1.165) is 22.7 Å². The molecule has 4 aromatic rings. The van der Waals surface area contributed by atoms with Gasteiger partial charge in [-0.05, 0) is 32.0 Å². The lowest BCUT2D eigenvalue weighted by Crippen LogP contribution is -2.32. The van der Waals surface area contributed by atoms with Crippen molar-refractivity contribution in [3.05, 3.63) is 83.7 Å². The van der Waals surface area contributed by atoms with E-state index < -0.39 is 0 Å². The first-order valence-electron chi connectivity index (χ1n) is 8.98. The lowest BCUT2D eigenvalue weighted by atomic mass is 10.1. The minimum atomic E-state index is -0.316. The van der Waals surface area contributed by atoms with Gasteiger partial charge >= 0.3 is 0 Å². The van der Waals surface area contributed by atoms with Crippen molar-refractivity contribution in [2.75, 3.05) is 6.54 Å². The van der Waals surface area contributed by atoms with Crippen LogP contribution in [0.15, 0.2) is 69.8 Å². The second-order valence-corrected chi connectivity index (χ2v) is 6.56. The lowest BCUT2D eigenvalue weighted by Gasteiger charge is -2.17. The number of furan rings is 1. The van der Waals surface area contributed by atoms with E-state index in [2.05, 4.69) is 15.6 Å². The first-order chi connectivity index (χ1) is 13.6. The smallest absolute Gasteiger partial charge is 0.273 e. The highest BCUT2D eigenvalue weighted by molar-refractivity contribution is 5.93. The van der Waals surface area contributed by atoms with E-state index in [1.54, 1.807) is 12.3 Å². The SMILES string of the molecule is Cc1cc(C)n(C(CNC(=O)c2cc(-c3ccccc3)on2)c2ccco2)n1. The summed E-state index contributed by atoms with van der Waals surface area (Å²) < 4.78 is 12.7. The summed E-state index contributed by atoms with van der Waals surface area (Å²) in [6.45, 7) is 4.21. The number of amides is 1. The summed E-state index contributed by atoms with van der Waals surface area (Å²) in [6, 6.07) is 16.6. The minimum Gasteiger partial charge on any atom is -0.467 e. The van der Waals surface area contributed by atoms with Crippen molar-refractivity contribution in [3.8, 4) is 11.3 Å². The molecule has 0 spiro atoms. The van der Waals surface area contributed by atoms with Crippen molar-refractivity contribution in [1.29, 1.82) is 0 Å². The Hall–Kier alpha value is -3.61. The number of nitrogens with zero attached hydrogens (tertiary/aromatic N) is 3. The second-order valence-electron chi connectivity index (χ2n) is 6.56. The molecular weight excluding hydrogens is 356 g/mol. The zero-order chi connectivity index (χ0) is 19.5. The van der Waals surface area contributed by atoms with Crippen LogP contribution in [0.3, 0.4) is 0 Å². The van der Waals surface area contributed by atoms with Crippen molar-refractivity contribution in [3.63, 3.8) is 0 Å². The highest BCUT2D eigenvalue weighted by atomic mass is 16.5. The van der Waals surface area contributed by atoms with Crippen molar-refractivity contribution in [1.82, 2.24) is 20.3 Å². The summed E-state index contributed by atoms with van der Waals surface area (Å²) in [7, 11) is 0. The van der Waals surface area contributed by atoms with Crippen LogP contribution in [-0.2, 0) is 0 Å². The average molecular weight is 376 g/mol. The van der Waals surface area contributed by atoms with Crippen LogP contribution in [0.25, 0.3) is 11.3 Å². The summed E-state index contributed by atoms with van der Waals surface area (Å²) in [5.74, 6) is 0.951. The molecular formula is C21H20N4O3. The van der Waals surface area contributed by atoms with Gasteiger partial charge in [-0.15, -0.1) is 0 Å². The predicted molar refractivity (Wildman–Crippen MR) is 103 cm³/mol. The second kappa shape index (κ2) is 7.56. The summed E-state index contributed by atoms with van der Waals surface area (Å²) >= 11 is 0. The lowest BCUT2D eigenvalue weighted by molar-refractivity contribution is 0.0939. The van der Waals surface area contributed by atoms with Gasteiger partial charge in [-0.3, -0.25) is 9.48 Å². The molecule has 0 aliphatic rings. The van der Waals surface area contributed by atoms with Crippen LogP contribution in [-0.4, -0.2) is 27.4 Å². The monoisotopic (exact) mass is 376 g/mol. The number of aryl methyl sites for hydroxylation is 2. The van der Waals surface area contributed by atoms with Gasteiger partial charge in [-0.1, -0.05) is 35.5 Å². The van der Waals surface area contributed by atoms with Crippen LogP contribution in [0, 0.1) is 13.8 Å². The fourth-order valence-corrected chi connectivity index (χ4v) is 3.15. The normalized spacial score (nSPS) is 12.1. The molecule has 0 aliphatic heterocycles. The van der Waals surface area contributed by atoms with E-state index in [4.69, 9.17) is 8.94 Å². The van der Waals surface area contributed by atoms with Gasteiger partial charge in [0.15, 0.2) is 11.5 Å². The number of benzene rings is 1. The van der Waals surface area contributed by atoms with Gasteiger partial charge in [0.2, 0.25) is 0 Å². The van der Waals surface area contributed by atoms with Crippen molar-refractivity contribution in [2.24, 2.45) is 0 Å². The molecule has 0 aliphatic carbocycles.